The smallest absolute Gasteiger partial charge is 0.252 e. The Morgan fingerprint density at radius 3 is 2.78 bits per heavy atom. The van der Waals surface area contributed by atoms with Crippen LogP contribution < -0.4 is 16.0 Å². The fourth-order valence-corrected chi connectivity index (χ4v) is 5.68. The number of anilines is 1. The summed E-state index contributed by atoms with van der Waals surface area (Å²) in [4.78, 5) is 17.3. The highest BCUT2D eigenvalue weighted by Crippen LogP contribution is 2.48. The van der Waals surface area contributed by atoms with Crippen LogP contribution in [0.4, 0.5) is 5.69 Å². The van der Waals surface area contributed by atoms with E-state index in [1.165, 1.54) is 44.9 Å². The van der Waals surface area contributed by atoms with Crippen molar-refractivity contribution in [2.45, 2.75) is 51.4 Å². The van der Waals surface area contributed by atoms with Crippen LogP contribution >= 0.6 is 11.6 Å². The van der Waals surface area contributed by atoms with Gasteiger partial charge in [0.15, 0.2) is 0 Å². The third kappa shape index (κ3) is 6.04. The van der Waals surface area contributed by atoms with Crippen LogP contribution in [0, 0.1) is 11.3 Å². The number of nitrogens with one attached hydrogen (secondary N) is 3. The molecule has 2 saturated carbocycles. The van der Waals surface area contributed by atoms with Gasteiger partial charge in [-0.25, -0.2) is 4.98 Å². The van der Waals surface area contributed by atoms with Crippen molar-refractivity contribution < 1.29 is 4.79 Å². The first kappa shape index (κ1) is 23.1. The summed E-state index contributed by atoms with van der Waals surface area (Å²) in [6.07, 6.45) is 13.9. The fourth-order valence-electron chi connectivity index (χ4n) is 5.48. The van der Waals surface area contributed by atoms with Crippen molar-refractivity contribution in [1.29, 1.82) is 0 Å². The van der Waals surface area contributed by atoms with Gasteiger partial charge >= 0.3 is 0 Å². The number of hydrogen-bond acceptors (Lipinski definition) is 4. The normalized spacial score (nSPS) is 22.5. The molecule has 0 unspecified atom stereocenters. The van der Waals surface area contributed by atoms with Crippen LogP contribution in [0.2, 0.25) is 5.02 Å². The Bertz CT molecular complexity index is 901. The molecule has 0 atom stereocenters. The summed E-state index contributed by atoms with van der Waals surface area (Å²) in [5, 5.41) is 10.5. The van der Waals surface area contributed by atoms with Gasteiger partial charge in [0.05, 0.1) is 22.6 Å². The SMILES string of the molecule is Cn1cnc(CCNCCNc2ccc(Cl)c(C(=O)NCC34CCCC(CCC3)C4)c2)c1. The van der Waals surface area contributed by atoms with Crippen molar-refractivity contribution in [1.82, 2.24) is 20.2 Å². The van der Waals surface area contributed by atoms with Crippen LogP contribution in [0.25, 0.3) is 0 Å². The van der Waals surface area contributed by atoms with Crippen molar-refractivity contribution in [3.05, 3.63) is 47.0 Å². The lowest BCUT2D eigenvalue weighted by Crippen LogP contribution is -2.43. The number of carbonyl (C=O) groups excluding carboxylic acids is 1. The van der Waals surface area contributed by atoms with Crippen LogP contribution in [-0.2, 0) is 13.5 Å². The summed E-state index contributed by atoms with van der Waals surface area (Å²) < 4.78 is 1.96. The Hall–Kier alpha value is -2.05. The van der Waals surface area contributed by atoms with Crippen LogP contribution in [0.3, 0.4) is 0 Å². The first-order valence-corrected chi connectivity index (χ1v) is 12.4. The zero-order valence-electron chi connectivity index (χ0n) is 19.1. The summed E-state index contributed by atoms with van der Waals surface area (Å²) in [6.45, 7) is 3.27. The molecule has 0 saturated heterocycles. The van der Waals surface area contributed by atoms with Crippen molar-refractivity contribution in [3.63, 3.8) is 0 Å². The van der Waals surface area contributed by atoms with E-state index in [9.17, 15) is 4.79 Å². The number of rotatable bonds is 10. The minimum absolute atomic E-state index is 0.0609. The van der Waals surface area contributed by atoms with Crippen molar-refractivity contribution in [3.8, 4) is 0 Å². The molecule has 2 bridgehead atoms. The van der Waals surface area contributed by atoms with Gasteiger partial charge in [-0.15, -0.1) is 0 Å². The van der Waals surface area contributed by atoms with Crippen LogP contribution in [-0.4, -0.2) is 41.6 Å². The van der Waals surface area contributed by atoms with Gasteiger partial charge in [-0.3, -0.25) is 4.79 Å². The maximum Gasteiger partial charge on any atom is 0.252 e. The first-order valence-electron chi connectivity index (χ1n) is 12.0. The number of fused-ring (bicyclic) bond motifs is 2. The molecule has 2 aromatic rings. The highest BCUT2D eigenvalue weighted by Gasteiger charge is 2.39. The molecule has 3 N–H and O–H groups in total. The molecule has 0 radical (unpaired) electrons. The highest BCUT2D eigenvalue weighted by atomic mass is 35.5. The number of benzene rings is 1. The lowest BCUT2D eigenvalue weighted by molar-refractivity contribution is 0.0682. The second-order valence-electron chi connectivity index (χ2n) is 9.69. The lowest BCUT2D eigenvalue weighted by atomic mass is 9.62. The zero-order chi connectivity index (χ0) is 22.4. The summed E-state index contributed by atoms with van der Waals surface area (Å²) in [5.74, 6) is 0.803. The van der Waals surface area contributed by atoms with E-state index < -0.39 is 0 Å². The molecule has 174 valence electrons. The molecule has 32 heavy (non-hydrogen) atoms. The third-order valence-electron chi connectivity index (χ3n) is 7.14. The monoisotopic (exact) mass is 457 g/mol. The molecule has 7 heteroatoms. The number of amides is 1. The molecular weight excluding hydrogens is 422 g/mol. The van der Waals surface area contributed by atoms with E-state index in [2.05, 4.69) is 20.9 Å². The Morgan fingerprint density at radius 2 is 2.03 bits per heavy atom. The Kier molecular flexibility index (Phi) is 7.74. The predicted octanol–water partition coefficient (Wildman–Crippen LogP) is 4.41. The number of hydrogen-bond donors (Lipinski definition) is 3. The van der Waals surface area contributed by atoms with E-state index in [1.807, 2.05) is 42.3 Å². The molecule has 1 aromatic heterocycles. The average Bonchev–Trinajstić information content (AvgIpc) is 3.20. The van der Waals surface area contributed by atoms with Gasteiger partial charge in [0.2, 0.25) is 0 Å². The second-order valence-corrected chi connectivity index (χ2v) is 10.1. The Labute approximate surface area is 196 Å². The van der Waals surface area contributed by atoms with Gasteiger partial charge < -0.3 is 20.5 Å². The number of nitrogens with zero attached hydrogens (tertiary/aromatic N) is 2. The molecule has 2 aliphatic rings. The Balaban J connectivity index is 1.22. The number of carbonyl (C=O) groups is 1. The van der Waals surface area contributed by atoms with Gasteiger partial charge in [-0.05, 0) is 48.8 Å². The molecule has 1 heterocycles. The largest absolute Gasteiger partial charge is 0.384 e. The van der Waals surface area contributed by atoms with Gasteiger partial charge in [0.1, 0.15) is 0 Å². The van der Waals surface area contributed by atoms with Gasteiger partial charge in [0.25, 0.3) is 5.91 Å². The van der Waals surface area contributed by atoms with Crippen molar-refractivity contribution in [2.75, 3.05) is 31.5 Å². The lowest BCUT2D eigenvalue weighted by Gasteiger charge is -2.45. The molecule has 2 fully saturated rings. The number of halogens is 1. The molecule has 0 aliphatic heterocycles. The van der Waals surface area contributed by atoms with E-state index in [0.717, 1.165) is 49.9 Å². The third-order valence-corrected chi connectivity index (χ3v) is 7.47. The Morgan fingerprint density at radius 1 is 1.22 bits per heavy atom. The minimum Gasteiger partial charge on any atom is -0.384 e. The minimum atomic E-state index is -0.0609. The standard InChI is InChI=1S/C25H36ClN5O/c1-31-16-21(30-18-31)8-11-27-12-13-28-20-6-7-23(26)22(14-20)24(32)29-17-25-9-2-4-19(15-25)5-3-10-25/h6-7,14,16,18-19,27-28H,2-5,8-13,15,17H2,1H3,(H,29,32). The van der Waals surface area contributed by atoms with Crippen LogP contribution in [0.1, 0.15) is 61.0 Å². The van der Waals surface area contributed by atoms with Crippen molar-refractivity contribution >= 4 is 23.2 Å². The number of aromatic nitrogens is 2. The molecule has 4 rings (SSSR count). The predicted molar refractivity (Wildman–Crippen MR) is 130 cm³/mol. The molecule has 6 nitrogen and oxygen atoms in total. The first-order chi connectivity index (χ1) is 15.5. The topological polar surface area (TPSA) is 71.0 Å². The van der Waals surface area contributed by atoms with E-state index in [0.29, 0.717) is 16.0 Å². The molecule has 0 spiro atoms. The van der Waals surface area contributed by atoms with E-state index in [4.69, 9.17) is 11.6 Å². The molecule has 1 aromatic carbocycles. The second kappa shape index (κ2) is 10.7. The van der Waals surface area contributed by atoms with Gasteiger partial charge in [-0.2, -0.15) is 0 Å². The average molecular weight is 458 g/mol. The maximum absolute atomic E-state index is 12.9. The molecular formula is C25H36ClN5O. The van der Waals surface area contributed by atoms with Crippen molar-refractivity contribution in [2.24, 2.45) is 18.4 Å². The highest BCUT2D eigenvalue weighted by molar-refractivity contribution is 6.34. The summed E-state index contributed by atoms with van der Waals surface area (Å²) in [6, 6.07) is 5.61. The number of imidazole rings is 1. The quantitative estimate of drug-likeness (QED) is 0.462. The van der Waals surface area contributed by atoms with Gasteiger partial charge in [-0.1, -0.05) is 37.3 Å². The fraction of sp³-hybridized carbons (Fsp3) is 0.600. The van der Waals surface area contributed by atoms with Gasteiger partial charge in [0, 0.05) is 51.5 Å². The van der Waals surface area contributed by atoms with Crippen LogP contribution in [0.15, 0.2) is 30.7 Å². The summed E-state index contributed by atoms with van der Waals surface area (Å²) >= 11 is 6.37. The molecule has 2 aliphatic carbocycles. The summed E-state index contributed by atoms with van der Waals surface area (Å²) in [5.41, 5.74) is 2.87. The molecule has 1 amide bonds. The maximum atomic E-state index is 12.9. The van der Waals surface area contributed by atoms with E-state index in [1.54, 1.807) is 0 Å². The zero-order valence-corrected chi connectivity index (χ0v) is 19.9. The number of aryl methyl sites for hydroxylation is 1. The van der Waals surface area contributed by atoms with Crippen LogP contribution in [0.5, 0.6) is 0 Å². The van der Waals surface area contributed by atoms with E-state index in [-0.39, 0.29) is 5.91 Å². The van der Waals surface area contributed by atoms with E-state index >= 15 is 0 Å². The summed E-state index contributed by atoms with van der Waals surface area (Å²) in [7, 11) is 1.98.